The van der Waals surface area contributed by atoms with Crippen LogP contribution in [0.1, 0.15) is 66.8 Å². The molecule has 0 spiro atoms. The van der Waals surface area contributed by atoms with Gasteiger partial charge >= 0.3 is 0 Å². The third kappa shape index (κ3) is 7.33. The van der Waals surface area contributed by atoms with Gasteiger partial charge in [-0.25, -0.2) is 18.4 Å². The van der Waals surface area contributed by atoms with Crippen LogP contribution in [0.2, 0.25) is 5.02 Å². The first-order chi connectivity index (χ1) is 23.0. The Morgan fingerprint density at radius 2 is 1.67 bits per heavy atom. The number of hydrogen-bond donors (Lipinski definition) is 0. The summed E-state index contributed by atoms with van der Waals surface area (Å²) >= 11 is 6.20. The predicted octanol–water partition coefficient (Wildman–Crippen LogP) is 5.46. The van der Waals surface area contributed by atoms with Gasteiger partial charge in [0.25, 0.3) is 5.91 Å². The van der Waals surface area contributed by atoms with Gasteiger partial charge in [-0.05, 0) is 89.5 Å². The zero-order valence-electron chi connectivity index (χ0n) is 28.7. The third-order valence-corrected chi connectivity index (χ3v) is 13.2. The van der Waals surface area contributed by atoms with E-state index < -0.39 is 10.0 Å². The normalized spacial score (nSPS) is 23.6. The number of aryl methyl sites for hydroxylation is 2. The van der Waals surface area contributed by atoms with E-state index >= 15 is 0 Å². The van der Waals surface area contributed by atoms with Crippen LogP contribution in [0.25, 0.3) is 0 Å². The highest BCUT2D eigenvalue weighted by molar-refractivity contribution is 7.89. The third-order valence-electron chi connectivity index (χ3n) is 11.1. The van der Waals surface area contributed by atoms with E-state index in [0.717, 1.165) is 63.1 Å². The average Bonchev–Trinajstić information content (AvgIpc) is 3.08. The molecule has 0 N–H and O–H groups in total. The van der Waals surface area contributed by atoms with Crippen molar-refractivity contribution in [3.05, 3.63) is 88.5 Å². The summed E-state index contributed by atoms with van der Waals surface area (Å²) < 4.78 is 29.2. The summed E-state index contributed by atoms with van der Waals surface area (Å²) in [4.78, 5) is 29.5. The molecule has 48 heavy (non-hydrogen) atoms. The molecule has 3 aromatic rings. The molecule has 0 aliphatic carbocycles. The van der Waals surface area contributed by atoms with E-state index in [4.69, 9.17) is 11.6 Å². The quantitative estimate of drug-likeness (QED) is 0.310. The van der Waals surface area contributed by atoms with Crippen LogP contribution in [0.15, 0.2) is 65.8 Å². The minimum Gasteiger partial charge on any atom is -0.338 e. The molecule has 3 atom stereocenters. The van der Waals surface area contributed by atoms with Gasteiger partial charge in [0.1, 0.15) is 6.33 Å². The van der Waals surface area contributed by atoms with Gasteiger partial charge < -0.3 is 4.90 Å². The Kier molecular flexibility index (Phi) is 10.6. The number of sulfonamides is 1. The lowest BCUT2D eigenvalue weighted by atomic mass is 9.83. The molecule has 258 valence electrons. The number of piperidine rings is 2. The number of hydrogen-bond acceptors (Lipinski definition) is 7. The summed E-state index contributed by atoms with van der Waals surface area (Å²) in [6, 6.07) is 17.8. The highest BCUT2D eigenvalue weighted by Gasteiger charge is 2.43. The monoisotopic (exact) mass is 692 g/mol. The second-order valence-corrected chi connectivity index (χ2v) is 16.6. The zero-order valence-corrected chi connectivity index (χ0v) is 30.3. The molecule has 2 aromatic carbocycles. The number of benzene rings is 2. The van der Waals surface area contributed by atoms with E-state index in [1.54, 1.807) is 28.6 Å². The molecule has 4 heterocycles. The molecule has 6 rings (SSSR count). The zero-order chi connectivity index (χ0) is 34.1. The Labute approximate surface area is 291 Å². The van der Waals surface area contributed by atoms with E-state index in [1.807, 2.05) is 18.7 Å². The highest BCUT2D eigenvalue weighted by atomic mass is 35.5. The largest absolute Gasteiger partial charge is 0.338 e. The SMILES string of the molecule is Cc1ncnc(C)c1C(=O)N1CCC(C)(N2CCN(C(Cc3ccccc3)C3CCCN(S(=O)(=O)c4cccc(Cl)c4)C3)[C@@H](C)C2)CC1. The molecule has 3 fully saturated rings. The first-order valence-corrected chi connectivity index (χ1v) is 19.2. The number of aromatic nitrogens is 2. The maximum Gasteiger partial charge on any atom is 0.257 e. The minimum absolute atomic E-state index is 0.00993. The maximum absolute atomic E-state index is 13.8. The molecule has 3 aliphatic rings. The lowest BCUT2D eigenvalue weighted by Crippen LogP contribution is -2.64. The van der Waals surface area contributed by atoms with E-state index in [0.29, 0.717) is 42.8 Å². The van der Waals surface area contributed by atoms with Crippen molar-refractivity contribution in [3.8, 4) is 0 Å². The van der Waals surface area contributed by atoms with E-state index in [9.17, 15) is 13.2 Å². The summed E-state index contributed by atoms with van der Waals surface area (Å²) in [5.74, 6) is 0.245. The van der Waals surface area contributed by atoms with Gasteiger partial charge in [0.15, 0.2) is 0 Å². The number of piperazine rings is 1. The van der Waals surface area contributed by atoms with E-state index in [2.05, 4.69) is 63.9 Å². The van der Waals surface area contributed by atoms with Crippen LogP contribution >= 0.6 is 11.6 Å². The minimum atomic E-state index is -3.65. The van der Waals surface area contributed by atoms with Gasteiger partial charge in [-0.3, -0.25) is 14.6 Å². The summed E-state index contributed by atoms with van der Waals surface area (Å²) in [6.45, 7) is 13.7. The number of amides is 1. The van der Waals surface area contributed by atoms with Crippen molar-refractivity contribution >= 4 is 27.5 Å². The first-order valence-electron chi connectivity index (χ1n) is 17.3. The second-order valence-electron chi connectivity index (χ2n) is 14.2. The lowest BCUT2D eigenvalue weighted by molar-refractivity contribution is -0.0414. The number of carbonyl (C=O) groups excluding carboxylic acids is 1. The molecule has 3 aliphatic heterocycles. The molecule has 3 saturated heterocycles. The van der Waals surface area contributed by atoms with Crippen molar-refractivity contribution in [1.82, 2.24) is 29.0 Å². The molecule has 0 saturated carbocycles. The summed E-state index contributed by atoms with van der Waals surface area (Å²) in [5.41, 5.74) is 3.40. The molecular formula is C37H49ClN6O3S. The fourth-order valence-electron chi connectivity index (χ4n) is 8.22. The fourth-order valence-corrected chi connectivity index (χ4v) is 10.1. The lowest BCUT2D eigenvalue weighted by Gasteiger charge is -2.54. The smallest absolute Gasteiger partial charge is 0.257 e. The standard InChI is InChI=1S/C37H49ClN6O3S/c1-27-24-42(37(4)15-18-41(19-16-37)36(45)35-28(2)39-26-40-29(35)3)20-21-44(27)34(22-30-10-6-5-7-11-30)31-12-9-17-43(25-31)48(46,47)33-14-8-13-32(38)23-33/h5-8,10-11,13-14,23,26-27,31,34H,9,12,15-22,24-25H2,1-4H3/t27-,31?,34?/m0/s1. The molecular weight excluding hydrogens is 644 g/mol. The van der Waals surface area contributed by atoms with Crippen molar-refractivity contribution in [2.75, 3.05) is 45.8 Å². The Morgan fingerprint density at radius 3 is 2.33 bits per heavy atom. The van der Waals surface area contributed by atoms with Crippen molar-refractivity contribution in [1.29, 1.82) is 0 Å². The Morgan fingerprint density at radius 1 is 0.958 bits per heavy atom. The van der Waals surface area contributed by atoms with Crippen LogP contribution in [-0.4, -0.2) is 107 Å². The number of carbonyl (C=O) groups is 1. The molecule has 9 nitrogen and oxygen atoms in total. The van der Waals surface area contributed by atoms with Crippen LogP contribution in [0, 0.1) is 19.8 Å². The summed E-state index contributed by atoms with van der Waals surface area (Å²) in [6.07, 6.45) is 6.09. The summed E-state index contributed by atoms with van der Waals surface area (Å²) in [5, 5.41) is 0.431. The van der Waals surface area contributed by atoms with Gasteiger partial charge in [0.2, 0.25) is 10.0 Å². The van der Waals surface area contributed by atoms with Crippen LogP contribution in [0.5, 0.6) is 0 Å². The van der Waals surface area contributed by atoms with Crippen molar-refractivity contribution in [2.45, 2.75) is 82.3 Å². The highest BCUT2D eigenvalue weighted by Crippen LogP contribution is 2.35. The Hall–Kier alpha value is -2.89. The molecule has 0 radical (unpaired) electrons. The van der Waals surface area contributed by atoms with E-state index in [1.165, 1.54) is 11.9 Å². The number of rotatable bonds is 8. The maximum atomic E-state index is 13.8. The Balaban J connectivity index is 1.15. The average molecular weight is 693 g/mol. The molecule has 1 aromatic heterocycles. The van der Waals surface area contributed by atoms with Crippen LogP contribution in [-0.2, 0) is 16.4 Å². The topological polar surface area (TPSA) is 90.0 Å². The van der Waals surface area contributed by atoms with Crippen molar-refractivity contribution in [2.24, 2.45) is 5.92 Å². The molecule has 1 amide bonds. The molecule has 0 bridgehead atoms. The number of likely N-dealkylation sites (tertiary alicyclic amines) is 1. The van der Waals surface area contributed by atoms with Crippen LogP contribution in [0.3, 0.4) is 0 Å². The second kappa shape index (κ2) is 14.5. The number of nitrogens with zero attached hydrogens (tertiary/aromatic N) is 6. The van der Waals surface area contributed by atoms with Crippen molar-refractivity contribution < 1.29 is 13.2 Å². The van der Waals surface area contributed by atoms with Gasteiger partial charge in [-0.2, -0.15) is 4.31 Å². The van der Waals surface area contributed by atoms with Gasteiger partial charge in [-0.1, -0.05) is 48.0 Å². The van der Waals surface area contributed by atoms with Gasteiger partial charge in [-0.15, -0.1) is 0 Å². The van der Waals surface area contributed by atoms with E-state index in [-0.39, 0.29) is 28.3 Å². The molecule has 11 heteroatoms. The van der Waals surface area contributed by atoms with Crippen LogP contribution < -0.4 is 0 Å². The van der Waals surface area contributed by atoms with Gasteiger partial charge in [0.05, 0.1) is 21.8 Å². The molecule has 2 unspecified atom stereocenters. The van der Waals surface area contributed by atoms with Crippen LogP contribution in [0.4, 0.5) is 0 Å². The Bertz CT molecular complexity index is 1680. The predicted molar refractivity (Wildman–Crippen MR) is 190 cm³/mol. The summed E-state index contributed by atoms with van der Waals surface area (Å²) in [7, 11) is -3.65. The van der Waals surface area contributed by atoms with Crippen molar-refractivity contribution in [3.63, 3.8) is 0 Å². The fraction of sp³-hybridized carbons (Fsp3) is 0.541. The van der Waals surface area contributed by atoms with Gasteiger partial charge in [0, 0.05) is 68.5 Å². The first kappa shape index (κ1) is 35.0. The number of halogens is 1.